The van der Waals surface area contributed by atoms with Crippen LogP contribution in [0.4, 0.5) is 5.69 Å². The third-order valence-electron chi connectivity index (χ3n) is 3.75. The van der Waals surface area contributed by atoms with Crippen LogP contribution in [-0.2, 0) is 13.1 Å². The lowest BCUT2D eigenvalue weighted by molar-refractivity contribution is -0.872. The molecule has 1 amide bonds. The molecule has 7 nitrogen and oxygen atoms in total. The van der Waals surface area contributed by atoms with Crippen LogP contribution < -0.4 is 15.0 Å². The van der Waals surface area contributed by atoms with E-state index in [0.29, 0.717) is 13.2 Å². The van der Waals surface area contributed by atoms with Crippen LogP contribution >= 0.6 is 0 Å². The Balaban J connectivity index is 2.03. The second-order valence-corrected chi connectivity index (χ2v) is 6.26. The molecule has 0 heterocycles. The highest BCUT2D eigenvalue weighted by molar-refractivity contribution is 5.95. The number of quaternary nitrogens is 1. The molecule has 0 spiro atoms. The minimum Gasteiger partial charge on any atom is -0.487 e. The first-order valence-corrected chi connectivity index (χ1v) is 8.47. The van der Waals surface area contributed by atoms with E-state index >= 15 is 0 Å². The molecule has 0 bridgehead atoms. The zero-order valence-electron chi connectivity index (χ0n) is 15.2. The molecule has 138 valence electrons. The average molecular weight is 358 g/mol. The summed E-state index contributed by atoms with van der Waals surface area (Å²) in [6.07, 6.45) is 0. The summed E-state index contributed by atoms with van der Waals surface area (Å²) in [7, 11) is 4.17. The standard InChI is InChI=1S/C19H23N3O4/c1-4-26-18-10-9-16(11-17(18)22(24)25)19(23)20-12-14-5-7-15(8-6-14)13-21(2)3/h5-11H,4,12-13H2,1-3H3,(H,20,23)/p+1. The Morgan fingerprint density at radius 3 is 2.38 bits per heavy atom. The Kier molecular flexibility index (Phi) is 6.68. The Morgan fingerprint density at radius 2 is 1.81 bits per heavy atom. The van der Waals surface area contributed by atoms with Crippen molar-refractivity contribution in [1.82, 2.24) is 5.32 Å². The van der Waals surface area contributed by atoms with Gasteiger partial charge in [0.25, 0.3) is 5.91 Å². The summed E-state index contributed by atoms with van der Waals surface area (Å²) in [5.74, 6) is -0.203. The maximum atomic E-state index is 12.3. The number of nitrogens with zero attached hydrogens (tertiary/aromatic N) is 1. The van der Waals surface area contributed by atoms with E-state index in [0.717, 1.165) is 12.1 Å². The Morgan fingerprint density at radius 1 is 1.15 bits per heavy atom. The molecule has 0 unspecified atom stereocenters. The molecule has 2 rings (SSSR count). The molecule has 0 aliphatic carbocycles. The van der Waals surface area contributed by atoms with Crippen LogP contribution in [-0.4, -0.2) is 31.5 Å². The predicted molar refractivity (Wildman–Crippen MR) is 98.4 cm³/mol. The molecule has 2 N–H and O–H groups in total. The molecule has 7 heteroatoms. The van der Waals surface area contributed by atoms with Gasteiger partial charge in [0.1, 0.15) is 6.54 Å². The third-order valence-corrected chi connectivity index (χ3v) is 3.75. The summed E-state index contributed by atoms with van der Waals surface area (Å²) in [6, 6.07) is 12.2. The van der Waals surface area contributed by atoms with Gasteiger partial charge in [-0.1, -0.05) is 24.3 Å². The van der Waals surface area contributed by atoms with Crippen LogP contribution in [0, 0.1) is 10.1 Å². The van der Waals surface area contributed by atoms with Crippen LogP contribution in [0.1, 0.15) is 28.4 Å². The van der Waals surface area contributed by atoms with Crippen LogP contribution in [0.5, 0.6) is 5.75 Å². The molecule has 26 heavy (non-hydrogen) atoms. The molecule has 2 aromatic carbocycles. The zero-order chi connectivity index (χ0) is 19.1. The van der Waals surface area contributed by atoms with Gasteiger partial charge >= 0.3 is 5.69 Å². The molecule has 0 fully saturated rings. The van der Waals surface area contributed by atoms with Gasteiger partial charge < -0.3 is 15.0 Å². The highest BCUT2D eigenvalue weighted by Crippen LogP contribution is 2.27. The second kappa shape index (κ2) is 8.96. The topological polar surface area (TPSA) is 85.9 Å². The Hall–Kier alpha value is -2.93. The molecule has 0 saturated carbocycles. The predicted octanol–water partition coefficient (Wildman–Crippen LogP) is 1.57. The number of rotatable bonds is 8. The molecular formula is C19H24N3O4+. The fraction of sp³-hybridized carbons (Fsp3) is 0.316. The molecular weight excluding hydrogens is 334 g/mol. The lowest BCUT2D eigenvalue weighted by Gasteiger charge is -2.09. The maximum Gasteiger partial charge on any atom is 0.311 e. The van der Waals surface area contributed by atoms with Gasteiger partial charge in [-0.2, -0.15) is 0 Å². The largest absolute Gasteiger partial charge is 0.487 e. The van der Waals surface area contributed by atoms with Gasteiger partial charge in [0.05, 0.1) is 25.6 Å². The van der Waals surface area contributed by atoms with Crippen LogP contribution in [0.2, 0.25) is 0 Å². The number of benzene rings is 2. The number of carbonyl (C=O) groups is 1. The van der Waals surface area contributed by atoms with Crippen molar-refractivity contribution >= 4 is 11.6 Å². The monoisotopic (exact) mass is 358 g/mol. The number of carbonyl (C=O) groups excluding carboxylic acids is 1. The average Bonchev–Trinajstić information content (AvgIpc) is 2.60. The second-order valence-electron chi connectivity index (χ2n) is 6.26. The van der Waals surface area contributed by atoms with Crippen molar-refractivity contribution in [3.63, 3.8) is 0 Å². The van der Waals surface area contributed by atoms with E-state index in [-0.39, 0.29) is 22.9 Å². The number of amides is 1. The fourth-order valence-corrected chi connectivity index (χ4v) is 2.55. The lowest BCUT2D eigenvalue weighted by Crippen LogP contribution is -3.04. The van der Waals surface area contributed by atoms with Crippen molar-refractivity contribution in [2.75, 3.05) is 20.7 Å². The number of hydrogen-bond donors (Lipinski definition) is 2. The first-order valence-electron chi connectivity index (χ1n) is 8.47. The first-order chi connectivity index (χ1) is 12.4. The lowest BCUT2D eigenvalue weighted by atomic mass is 10.1. The van der Waals surface area contributed by atoms with E-state index < -0.39 is 4.92 Å². The third kappa shape index (κ3) is 5.29. The summed E-state index contributed by atoms with van der Waals surface area (Å²) in [6.45, 7) is 3.35. The molecule has 0 radical (unpaired) electrons. The number of hydrogen-bond acceptors (Lipinski definition) is 4. The fourth-order valence-electron chi connectivity index (χ4n) is 2.55. The van der Waals surface area contributed by atoms with Gasteiger partial charge in [0.15, 0.2) is 5.75 Å². The number of nitrogens with one attached hydrogen (secondary N) is 2. The van der Waals surface area contributed by atoms with Crippen LogP contribution in [0.25, 0.3) is 0 Å². The van der Waals surface area contributed by atoms with Gasteiger partial charge in [0.2, 0.25) is 0 Å². The van der Waals surface area contributed by atoms with Gasteiger partial charge in [0, 0.05) is 23.7 Å². The number of ether oxygens (including phenoxy) is 1. The van der Waals surface area contributed by atoms with E-state index in [1.165, 1.54) is 28.7 Å². The molecule has 0 aliphatic rings. The SMILES string of the molecule is CCOc1ccc(C(=O)NCc2ccc(C[NH+](C)C)cc2)cc1[N+](=O)[O-]. The van der Waals surface area contributed by atoms with Gasteiger partial charge in [-0.15, -0.1) is 0 Å². The highest BCUT2D eigenvalue weighted by atomic mass is 16.6. The van der Waals surface area contributed by atoms with Crippen molar-refractivity contribution in [2.24, 2.45) is 0 Å². The summed E-state index contributed by atoms with van der Waals surface area (Å²) < 4.78 is 5.23. The Labute approximate surface area is 152 Å². The van der Waals surface area contributed by atoms with Crippen molar-refractivity contribution in [3.8, 4) is 5.75 Å². The van der Waals surface area contributed by atoms with E-state index in [1.54, 1.807) is 6.92 Å². The van der Waals surface area contributed by atoms with Gasteiger partial charge in [-0.25, -0.2) is 0 Å². The smallest absolute Gasteiger partial charge is 0.311 e. The molecule has 2 aromatic rings. The summed E-state index contributed by atoms with van der Waals surface area (Å²) in [5, 5.41) is 13.9. The van der Waals surface area contributed by atoms with Crippen molar-refractivity contribution < 1.29 is 19.4 Å². The first kappa shape index (κ1) is 19.4. The molecule has 0 aromatic heterocycles. The number of nitro benzene ring substituents is 1. The zero-order valence-corrected chi connectivity index (χ0v) is 15.2. The highest BCUT2D eigenvalue weighted by Gasteiger charge is 2.18. The minimum atomic E-state index is -0.548. The maximum absolute atomic E-state index is 12.3. The van der Waals surface area contributed by atoms with E-state index in [4.69, 9.17) is 4.74 Å². The number of nitro groups is 1. The van der Waals surface area contributed by atoms with Gasteiger partial charge in [-0.05, 0) is 24.6 Å². The van der Waals surface area contributed by atoms with Crippen molar-refractivity contribution in [3.05, 3.63) is 69.3 Å². The molecule has 0 atom stereocenters. The van der Waals surface area contributed by atoms with Crippen LogP contribution in [0.3, 0.4) is 0 Å². The van der Waals surface area contributed by atoms with Gasteiger partial charge in [-0.3, -0.25) is 14.9 Å². The van der Waals surface area contributed by atoms with E-state index in [2.05, 4.69) is 19.4 Å². The quantitative estimate of drug-likeness (QED) is 0.554. The molecule has 0 saturated heterocycles. The van der Waals surface area contributed by atoms with E-state index in [9.17, 15) is 14.9 Å². The summed E-state index contributed by atoms with van der Waals surface area (Å²) >= 11 is 0. The van der Waals surface area contributed by atoms with E-state index in [1.807, 2.05) is 24.3 Å². The summed E-state index contributed by atoms with van der Waals surface area (Å²) in [4.78, 5) is 24.2. The van der Waals surface area contributed by atoms with Crippen LogP contribution in [0.15, 0.2) is 42.5 Å². The Bertz CT molecular complexity index is 773. The van der Waals surface area contributed by atoms with Crippen molar-refractivity contribution in [1.29, 1.82) is 0 Å². The minimum absolute atomic E-state index is 0.160. The molecule has 0 aliphatic heterocycles. The van der Waals surface area contributed by atoms with Crippen molar-refractivity contribution in [2.45, 2.75) is 20.0 Å². The summed E-state index contributed by atoms with van der Waals surface area (Å²) in [5.41, 5.74) is 2.21. The normalized spacial score (nSPS) is 10.6.